The van der Waals surface area contributed by atoms with Crippen LogP contribution in [0.2, 0.25) is 0 Å². The second-order valence-corrected chi connectivity index (χ2v) is 7.66. The molecule has 0 bridgehead atoms. The fraction of sp³-hybridized carbons (Fsp3) is 0.471. The molecule has 0 aliphatic carbocycles. The van der Waals surface area contributed by atoms with Gasteiger partial charge >= 0.3 is 0 Å². The van der Waals surface area contributed by atoms with Gasteiger partial charge in [0.2, 0.25) is 11.8 Å². The van der Waals surface area contributed by atoms with E-state index in [0.717, 1.165) is 32.4 Å². The molecule has 0 unspecified atom stereocenters. The summed E-state index contributed by atoms with van der Waals surface area (Å²) in [6.45, 7) is 1.66. The number of thioether (sulfide) groups is 1. The standard InChI is InChI=1S/C17H20N2O2S2/c20-15(11-19-16(21)12-23-17(19)22)18-8-6-14(7-9-18)10-13-4-2-1-3-5-13/h1-5,14H,6-12H2. The molecule has 0 radical (unpaired) electrons. The molecule has 2 fully saturated rings. The van der Waals surface area contributed by atoms with E-state index in [1.807, 2.05) is 11.0 Å². The van der Waals surface area contributed by atoms with E-state index >= 15 is 0 Å². The molecule has 2 aliphatic rings. The molecule has 0 saturated carbocycles. The minimum absolute atomic E-state index is 0.0151. The molecule has 3 rings (SSSR count). The molecule has 2 aliphatic heterocycles. The van der Waals surface area contributed by atoms with Crippen LogP contribution in [-0.2, 0) is 16.0 Å². The number of nitrogens with zero attached hydrogens (tertiary/aromatic N) is 2. The van der Waals surface area contributed by atoms with Crippen molar-refractivity contribution in [1.82, 2.24) is 9.80 Å². The minimum Gasteiger partial charge on any atom is -0.341 e. The first-order chi connectivity index (χ1) is 11.1. The number of likely N-dealkylation sites (tertiary alicyclic amines) is 1. The highest BCUT2D eigenvalue weighted by Gasteiger charge is 2.31. The van der Waals surface area contributed by atoms with Crippen LogP contribution in [0.15, 0.2) is 30.3 Å². The van der Waals surface area contributed by atoms with E-state index in [2.05, 4.69) is 24.3 Å². The average molecular weight is 348 g/mol. The largest absolute Gasteiger partial charge is 0.341 e. The van der Waals surface area contributed by atoms with E-state index < -0.39 is 0 Å². The molecular weight excluding hydrogens is 328 g/mol. The predicted octanol–water partition coefficient (Wildman–Crippen LogP) is 2.33. The number of carbonyl (C=O) groups excluding carboxylic acids is 2. The summed E-state index contributed by atoms with van der Waals surface area (Å²) in [7, 11) is 0. The topological polar surface area (TPSA) is 40.6 Å². The van der Waals surface area contributed by atoms with Crippen molar-refractivity contribution in [2.75, 3.05) is 25.4 Å². The van der Waals surface area contributed by atoms with Crippen LogP contribution in [0.1, 0.15) is 18.4 Å². The van der Waals surface area contributed by atoms with Gasteiger partial charge in [0.05, 0.1) is 5.75 Å². The third-order valence-corrected chi connectivity index (χ3v) is 5.90. The lowest BCUT2D eigenvalue weighted by Crippen LogP contribution is -2.45. The third-order valence-electron chi connectivity index (χ3n) is 4.47. The molecule has 1 aromatic rings. The van der Waals surface area contributed by atoms with Crippen molar-refractivity contribution in [2.24, 2.45) is 5.92 Å². The van der Waals surface area contributed by atoms with Gasteiger partial charge in [-0.15, -0.1) is 0 Å². The number of piperidine rings is 1. The van der Waals surface area contributed by atoms with Gasteiger partial charge < -0.3 is 4.90 Å². The highest BCUT2D eigenvalue weighted by molar-refractivity contribution is 8.23. The van der Waals surface area contributed by atoms with Gasteiger partial charge in [-0.05, 0) is 30.7 Å². The predicted molar refractivity (Wildman–Crippen MR) is 96.2 cm³/mol. The summed E-state index contributed by atoms with van der Waals surface area (Å²) >= 11 is 6.47. The van der Waals surface area contributed by atoms with Crippen LogP contribution in [0.5, 0.6) is 0 Å². The third kappa shape index (κ3) is 4.12. The second-order valence-electron chi connectivity index (χ2n) is 6.05. The molecule has 1 aromatic carbocycles. The summed E-state index contributed by atoms with van der Waals surface area (Å²) in [6.07, 6.45) is 3.12. The van der Waals surface area contributed by atoms with Gasteiger partial charge in [-0.2, -0.15) is 0 Å². The Balaban J connectivity index is 1.48. The molecule has 2 saturated heterocycles. The van der Waals surface area contributed by atoms with Gasteiger partial charge in [0.25, 0.3) is 0 Å². The highest BCUT2D eigenvalue weighted by atomic mass is 32.2. The van der Waals surface area contributed by atoms with Crippen molar-refractivity contribution in [1.29, 1.82) is 0 Å². The van der Waals surface area contributed by atoms with Gasteiger partial charge in [-0.1, -0.05) is 54.3 Å². The molecule has 122 valence electrons. The van der Waals surface area contributed by atoms with Crippen LogP contribution in [0, 0.1) is 5.92 Å². The second kappa shape index (κ2) is 7.45. The number of hydrogen-bond donors (Lipinski definition) is 0. The Hall–Kier alpha value is -1.40. The van der Waals surface area contributed by atoms with Crippen LogP contribution in [0.3, 0.4) is 0 Å². The van der Waals surface area contributed by atoms with E-state index in [-0.39, 0.29) is 18.4 Å². The Labute approximate surface area is 146 Å². The quantitative estimate of drug-likeness (QED) is 0.783. The summed E-state index contributed by atoms with van der Waals surface area (Å²) in [6, 6.07) is 10.5. The smallest absolute Gasteiger partial charge is 0.242 e. The molecule has 2 heterocycles. The Kier molecular flexibility index (Phi) is 5.33. The number of amides is 2. The average Bonchev–Trinajstić information content (AvgIpc) is 2.88. The zero-order chi connectivity index (χ0) is 16.2. The molecule has 0 aromatic heterocycles. The van der Waals surface area contributed by atoms with Crippen LogP contribution in [-0.4, -0.2) is 51.3 Å². The molecule has 2 amide bonds. The maximum absolute atomic E-state index is 12.4. The van der Waals surface area contributed by atoms with Gasteiger partial charge in [0, 0.05) is 13.1 Å². The van der Waals surface area contributed by atoms with Crippen molar-refractivity contribution in [3.63, 3.8) is 0 Å². The summed E-state index contributed by atoms with van der Waals surface area (Å²) in [5, 5.41) is 0. The van der Waals surface area contributed by atoms with Gasteiger partial charge in [0.1, 0.15) is 10.9 Å². The molecule has 0 spiro atoms. The number of benzene rings is 1. The Morgan fingerprint density at radius 1 is 1.22 bits per heavy atom. The van der Waals surface area contributed by atoms with E-state index in [1.54, 1.807) is 0 Å². The van der Waals surface area contributed by atoms with Crippen molar-refractivity contribution < 1.29 is 9.59 Å². The Bertz CT molecular complexity index is 582. The normalized spacial score (nSPS) is 19.5. The van der Waals surface area contributed by atoms with Crippen molar-refractivity contribution >= 4 is 40.1 Å². The first kappa shape index (κ1) is 16.5. The molecule has 6 heteroatoms. The molecular formula is C17H20N2O2S2. The van der Waals surface area contributed by atoms with Gasteiger partial charge in [-0.25, -0.2) is 0 Å². The monoisotopic (exact) mass is 348 g/mol. The van der Waals surface area contributed by atoms with Crippen LogP contribution >= 0.6 is 24.0 Å². The highest BCUT2D eigenvalue weighted by Crippen LogP contribution is 2.23. The van der Waals surface area contributed by atoms with E-state index in [1.165, 1.54) is 22.2 Å². The van der Waals surface area contributed by atoms with E-state index in [9.17, 15) is 9.59 Å². The summed E-state index contributed by atoms with van der Waals surface area (Å²) in [5.41, 5.74) is 1.36. The van der Waals surface area contributed by atoms with E-state index in [4.69, 9.17) is 12.2 Å². The van der Waals surface area contributed by atoms with Gasteiger partial charge in [0.15, 0.2) is 0 Å². The molecule has 0 N–H and O–H groups in total. The van der Waals surface area contributed by atoms with Crippen molar-refractivity contribution in [3.8, 4) is 0 Å². The maximum Gasteiger partial charge on any atom is 0.242 e. The minimum atomic E-state index is -0.0488. The zero-order valence-electron chi connectivity index (χ0n) is 12.9. The summed E-state index contributed by atoms with van der Waals surface area (Å²) < 4.78 is 0.530. The number of hydrogen-bond acceptors (Lipinski definition) is 4. The van der Waals surface area contributed by atoms with Crippen molar-refractivity contribution in [2.45, 2.75) is 19.3 Å². The van der Waals surface area contributed by atoms with Crippen LogP contribution in [0.25, 0.3) is 0 Å². The fourth-order valence-corrected chi connectivity index (χ4v) is 4.17. The molecule has 4 nitrogen and oxygen atoms in total. The zero-order valence-corrected chi connectivity index (χ0v) is 14.6. The number of carbonyl (C=O) groups is 2. The lowest BCUT2D eigenvalue weighted by molar-refractivity contribution is -0.137. The summed E-state index contributed by atoms with van der Waals surface area (Å²) in [5.74, 6) is 0.964. The first-order valence-electron chi connectivity index (χ1n) is 7.92. The number of thiocarbonyl (C=S) groups is 1. The maximum atomic E-state index is 12.4. The Morgan fingerprint density at radius 2 is 1.91 bits per heavy atom. The lowest BCUT2D eigenvalue weighted by atomic mass is 9.90. The van der Waals surface area contributed by atoms with Crippen molar-refractivity contribution in [3.05, 3.63) is 35.9 Å². The Morgan fingerprint density at radius 3 is 2.52 bits per heavy atom. The van der Waals surface area contributed by atoms with E-state index in [0.29, 0.717) is 16.0 Å². The van der Waals surface area contributed by atoms with Gasteiger partial charge in [-0.3, -0.25) is 14.5 Å². The number of rotatable bonds is 4. The molecule has 23 heavy (non-hydrogen) atoms. The fourth-order valence-electron chi connectivity index (χ4n) is 3.10. The lowest BCUT2D eigenvalue weighted by Gasteiger charge is -2.33. The molecule has 0 atom stereocenters. The summed E-state index contributed by atoms with van der Waals surface area (Å²) in [4.78, 5) is 27.4. The van der Waals surface area contributed by atoms with Crippen LogP contribution < -0.4 is 0 Å². The SMILES string of the molecule is O=C(CN1C(=O)CSC1=S)N1CCC(Cc2ccccc2)CC1. The first-order valence-corrected chi connectivity index (χ1v) is 9.31. The van der Waals surface area contributed by atoms with Crippen LogP contribution in [0.4, 0.5) is 0 Å².